The molecule has 2 aliphatic carbocycles. The molecule has 0 aromatic heterocycles. The molecule has 7 nitrogen and oxygen atoms in total. The Labute approximate surface area is 299 Å². The molecular weight excluding hydrogens is 628 g/mol. The van der Waals surface area contributed by atoms with Gasteiger partial charge in [0.05, 0.1) is 11.0 Å². The smallest absolute Gasteiger partial charge is 0.343 e. The molecule has 0 aliphatic heterocycles. The number of hydrogen-bond acceptors (Lipinski definition) is 7. The minimum absolute atomic E-state index is 0.100. The fraction of sp³-hybridized carbons (Fsp3) is 0.512. The molecule has 1 aromatic carbocycles. The molecule has 1 aromatic rings. The van der Waals surface area contributed by atoms with Crippen LogP contribution in [-0.2, 0) is 14.3 Å². The minimum atomic E-state index is -1.64. The van der Waals surface area contributed by atoms with Crippen molar-refractivity contribution < 1.29 is 34.4 Å². The van der Waals surface area contributed by atoms with E-state index in [4.69, 9.17) is 4.74 Å². The lowest BCUT2D eigenvalue weighted by Crippen LogP contribution is -2.67. The van der Waals surface area contributed by atoms with E-state index in [-0.39, 0.29) is 36.5 Å². The van der Waals surface area contributed by atoms with Gasteiger partial charge in [-0.3, -0.25) is 9.59 Å². The van der Waals surface area contributed by atoms with Gasteiger partial charge in [-0.15, -0.1) is 0 Å². The summed E-state index contributed by atoms with van der Waals surface area (Å²) < 4.78 is 5.80. The van der Waals surface area contributed by atoms with E-state index < -0.39 is 51.0 Å². The summed E-state index contributed by atoms with van der Waals surface area (Å²) >= 11 is 0. The third-order valence-corrected chi connectivity index (χ3v) is 10.7. The zero-order valence-corrected chi connectivity index (χ0v) is 31.8. The van der Waals surface area contributed by atoms with E-state index in [9.17, 15) is 20.1 Å². The monoisotopic (exact) mass is 686 g/mol. The first-order valence-corrected chi connectivity index (χ1v) is 17.8. The van der Waals surface area contributed by atoms with Crippen LogP contribution in [-0.4, -0.2) is 32.9 Å². The number of aliphatic hydroxyl groups excluding tert-OH is 1. The van der Waals surface area contributed by atoms with E-state index >= 15 is 9.59 Å². The van der Waals surface area contributed by atoms with Crippen molar-refractivity contribution in [1.29, 1.82) is 0 Å². The normalized spacial score (nSPS) is 24.8. The summed E-state index contributed by atoms with van der Waals surface area (Å²) in [5.74, 6) is -4.17. The summed E-state index contributed by atoms with van der Waals surface area (Å²) in [6, 6.07) is 3.45. The molecule has 0 unspecified atom stereocenters. The quantitative estimate of drug-likeness (QED) is 0.0770. The molecule has 50 heavy (non-hydrogen) atoms. The Morgan fingerprint density at radius 2 is 1.38 bits per heavy atom. The zero-order chi connectivity index (χ0) is 37.6. The molecule has 0 spiro atoms. The van der Waals surface area contributed by atoms with Crippen LogP contribution >= 0.6 is 0 Å². The molecule has 1 fully saturated rings. The van der Waals surface area contributed by atoms with E-state index in [0.717, 1.165) is 41.7 Å². The van der Waals surface area contributed by atoms with Crippen molar-refractivity contribution in [3.8, 4) is 11.5 Å². The van der Waals surface area contributed by atoms with Crippen molar-refractivity contribution in [2.75, 3.05) is 0 Å². The van der Waals surface area contributed by atoms with Gasteiger partial charge < -0.3 is 20.1 Å². The number of phenolic OH excluding ortho intramolecular Hbond substituents is 2. The Morgan fingerprint density at radius 1 is 0.800 bits per heavy atom. The molecule has 1 saturated carbocycles. The van der Waals surface area contributed by atoms with Gasteiger partial charge in [-0.25, -0.2) is 4.79 Å². The van der Waals surface area contributed by atoms with Gasteiger partial charge in [0.15, 0.2) is 23.0 Å². The molecule has 0 radical (unpaired) electrons. The lowest BCUT2D eigenvalue weighted by Gasteiger charge is -2.61. The number of allylic oxidation sites excluding steroid dienone is 12. The maximum absolute atomic E-state index is 15.4. The van der Waals surface area contributed by atoms with E-state index in [1.807, 2.05) is 60.6 Å². The van der Waals surface area contributed by atoms with Crippen LogP contribution in [0.15, 0.2) is 88.0 Å². The van der Waals surface area contributed by atoms with Crippen LogP contribution in [0.2, 0.25) is 0 Å². The molecule has 3 rings (SSSR count). The lowest BCUT2D eigenvalue weighted by atomic mass is 9.39. The second kappa shape index (κ2) is 16.3. The molecule has 0 heterocycles. The summed E-state index contributed by atoms with van der Waals surface area (Å²) in [4.78, 5) is 44.1. The van der Waals surface area contributed by atoms with Crippen molar-refractivity contribution in [3.05, 3.63) is 93.5 Å². The van der Waals surface area contributed by atoms with Crippen LogP contribution in [0.25, 0.3) is 0 Å². The highest BCUT2D eigenvalue weighted by atomic mass is 16.5. The van der Waals surface area contributed by atoms with Gasteiger partial charge >= 0.3 is 5.97 Å². The first kappa shape index (κ1) is 40.3. The Morgan fingerprint density at radius 3 is 1.96 bits per heavy atom. The van der Waals surface area contributed by atoms with E-state index in [1.54, 1.807) is 0 Å². The molecule has 7 heteroatoms. The lowest BCUT2D eigenvalue weighted by molar-refractivity contribution is -0.177. The fourth-order valence-corrected chi connectivity index (χ4v) is 7.62. The highest BCUT2D eigenvalue weighted by Gasteiger charge is 2.73. The first-order valence-electron chi connectivity index (χ1n) is 17.8. The van der Waals surface area contributed by atoms with E-state index in [0.29, 0.717) is 19.3 Å². The number of hydrogen-bond donors (Lipinski definition) is 3. The summed E-state index contributed by atoms with van der Waals surface area (Å²) in [7, 11) is 0. The number of carbonyl (C=O) groups excluding carboxylic acids is 3. The van der Waals surface area contributed by atoms with Crippen molar-refractivity contribution in [2.45, 2.75) is 121 Å². The molecule has 4 atom stereocenters. The number of aromatic hydroxyl groups is 2. The highest BCUT2D eigenvalue weighted by molar-refractivity contribution is 6.21. The van der Waals surface area contributed by atoms with Crippen LogP contribution in [0.5, 0.6) is 11.5 Å². The number of carbonyl (C=O) groups is 3. The van der Waals surface area contributed by atoms with Crippen LogP contribution < -0.4 is 0 Å². The molecule has 2 bridgehead atoms. The van der Waals surface area contributed by atoms with Crippen LogP contribution in [0, 0.1) is 22.2 Å². The van der Waals surface area contributed by atoms with Gasteiger partial charge in [0, 0.05) is 0 Å². The third-order valence-electron chi connectivity index (χ3n) is 10.7. The number of rotatable bonds is 14. The number of ether oxygens (including phenoxy) is 1. The maximum Gasteiger partial charge on any atom is 0.343 e. The minimum Gasteiger partial charge on any atom is -0.507 e. The zero-order valence-electron chi connectivity index (χ0n) is 31.8. The van der Waals surface area contributed by atoms with Crippen molar-refractivity contribution in [3.63, 3.8) is 0 Å². The largest absolute Gasteiger partial charge is 0.507 e. The average molecular weight is 687 g/mol. The van der Waals surface area contributed by atoms with Crippen molar-refractivity contribution >= 4 is 17.5 Å². The Hall–Kier alpha value is -4.13. The summed E-state index contributed by atoms with van der Waals surface area (Å²) in [5.41, 5.74) is 1.39. The van der Waals surface area contributed by atoms with E-state index in [2.05, 4.69) is 39.0 Å². The average Bonchev–Trinajstić information content (AvgIpc) is 3.02. The predicted octanol–water partition coefficient (Wildman–Crippen LogP) is 10.7. The molecular formula is C43H58O7. The number of ketones is 2. The second-order valence-electron chi connectivity index (χ2n) is 15.6. The SMILES string of the molecule is CC(C)=CCC/C(C)=C/C[C@@H]1C[C@]2(CC=C(C)C)C(=O)[C@@](CC=C(C)C)(C(=O)C(OC(=O)c3ccc(O)c(O)c3)=C2O)[C@@]1(C)CCC=C(C)C. The van der Waals surface area contributed by atoms with Crippen molar-refractivity contribution in [1.82, 2.24) is 0 Å². The standard InChI is InChI=1S/C43H58O7/c1-27(2)13-11-15-31(9)16-18-33-26-42(23-20-29(5)6)37(46)36(50-39(48)32-17-19-34(44)35(45)25-32)38(47)43(40(42)49,24-21-30(7)8)41(33,10)22-12-14-28(3)4/h13-14,16-17,19-21,25,33,44-46H,11-12,15,18,22-24,26H2,1-10H3/b31-16+/t33-,41+,42+,43-/m1/s1. The number of aliphatic hydroxyl groups is 1. The van der Waals surface area contributed by atoms with Gasteiger partial charge in [-0.05, 0) is 143 Å². The molecule has 0 saturated heterocycles. The summed E-state index contributed by atoms with van der Waals surface area (Å²) in [6.45, 7) is 20.1. The number of benzene rings is 1. The highest BCUT2D eigenvalue weighted by Crippen LogP contribution is 2.68. The van der Waals surface area contributed by atoms with Gasteiger partial charge in [-0.2, -0.15) is 0 Å². The Balaban J connectivity index is 2.36. The Kier molecular flexibility index (Phi) is 13.1. The van der Waals surface area contributed by atoms with Gasteiger partial charge in [0.25, 0.3) is 0 Å². The number of Topliss-reactive ketones (excluding diaryl/α,β-unsaturated/α-hetero) is 2. The van der Waals surface area contributed by atoms with Crippen LogP contribution in [0.4, 0.5) is 0 Å². The second-order valence-corrected chi connectivity index (χ2v) is 15.6. The number of fused-ring (bicyclic) bond motifs is 2. The number of esters is 1. The molecule has 3 N–H and O–H groups in total. The van der Waals surface area contributed by atoms with Gasteiger partial charge in [0.1, 0.15) is 5.41 Å². The third kappa shape index (κ3) is 8.25. The van der Waals surface area contributed by atoms with Crippen LogP contribution in [0.3, 0.4) is 0 Å². The number of phenols is 2. The topological polar surface area (TPSA) is 121 Å². The van der Waals surface area contributed by atoms with Crippen molar-refractivity contribution in [2.24, 2.45) is 22.2 Å². The predicted molar refractivity (Wildman–Crippen MR) is 200 cm³/mol. The van der Waals surface area contributed by atoms with Crippen LogP contribution in [0.1, 0.15) is 131 Å². The summed E-state index contributed by atoms with van der Waals surface area (Å²) in [5, 5.41) is 32.0. The summed E-state index contributed by atoms with van der Waals surface area (Å²) in [6.07, 6.45) is 14.6. The molecule has 0 amide bonds. The van der Waals surface area contributed by atoms with Gasteiger partial charge in [0.2, 0.25) is 11.5 Å². The Bertz CT molecular complexity index is 1670. The fourth-order valence-electron chi connectivity index (χ4n) is 7.62. The maximum atomic E-state index is 15.4. The van der Waals surface area contributed by atoms with E-state index in [1.165, 1.54) is 17.2 Å². The molecule has 272 valence electrons. The van der Waals surface area contributed by atoms with Gasteiger partial charge in [-0.1, -0.05) is 65.2 Å². The molecule has 2 aliphatic rings. The first-order chi connectivity index (χ1) is 23.3.